The molecule has 0 spiro atoms. The van der Waals surface area contributed by atoms with Crippen LogP contribution in [0.1, 0.15) is 44.1 Å². The molecular weight excluding hydrogens is 344 g/mol. The van der Waals surface area contributed by atoms with Gasteiger partial charge in [-0.2, -0.15) is 0 Å². The average molecular weight is 374 g/mol. The van der Waals surface area contributed by atoms with Crippen LogP contribution in [0.4, 0.5) is 0 Å². The van der Waals surface area contributed by atoms with Crippen LogP contribution >= 0.6 is 0 Å². The Morgan fingerprint density at radius 2 is 2.00 bits per heavy atom. The highest BCUT2D eigenvalue weighted by atomic mass is 16.5. The number of carbonyl (C=O) groups is 1. The van der Waals surface area contributed by atoms with E-state index in [4.69, 9.17) is 14.6 Å². The summed E-state index contributed by atoms with van der Waals surface area (Å²) in [6.07, 6.45) is 11.4. The Morgan fingerprint density at radius 1 is 1.19 bits per heavy atom. The normalized spacial score (nSPS) is 12.0. The van der Waals surface area contributed by atoms with Gasteiger partial charge in [-0.15, -0.1) is 0 Å². The second kappa shape index (κ2) is 12.1. The summed E-state index contributed by atoms with van der Waals surface area (Å²) in [5.41, 5.74) is 1.30. The number of aliphatic carboxylic acids is 1. The Labute approximate surface area is 161 Å². The van der Waals surface area contributed by atoms with Crippen molar-refractivity contribution in [2.75, 3.05) is 13.7 Å². The van der Waals surface area contributed by atoms with Gasteiger partial charge in [-0.3, -0.25) is 4.79 Å². The number of hydrogen-bond acceptors (Lipinski definition) is 4. The van der Waals surface area contributed by atoms with Crippen molar-refractivity contribution >= 4 is 5.97 Å². The van der Waals surface area contributed by atoms with Crippen molar-refractivity contribution in [3.63, 3.8) is 0 Å². The number of unbranched alkanes of at least 4 members (excludes halogenated alkanes) is 2. The standard InChI is InChI=1S/C21H30N2O4/c1-26-19-11-9-18(10-12-19)6-5-7-20(16-23-14-13-22-17-23)27-15-4-2-3-8-21(24)25/h9-14,17,20H,2-8,15-16H2,1H3,(H,24,25). The third-order valence-corrected chi connectivity index (χ3v) is 4.51. The molecule has 0 aliphatic carbocycles. The predicted octanol–water partition coefficient (Wildman–Crippen LogP) is 3.94. The summed E-state index contributed by atoms with van der Waals surface area (Å²) in [5.74, 6) is 0.149. The van der Waals surface area contributed by atoms with Crippen molar-refractivity contribution in [1.82, 2.24) is 9.55 Å². The first-order valence-electron chi connectivity index (χ1n) is 9.59. The summed E-state index contributed by atoms with van der Waals surface area (Å²) in [4.78, 5) is 14.6. The van der Waals surface area contributed by atoms with E-state index in [2.05, 4.69) is 17.1 Å². The number of benzene rings is 1. The first-order valence-corrected chi connectivity index (χ1v) is 9.59. The van der Waals surface area contributed by atoms with E-state index in [-0.39, 0.29) is 12.5 Å². The minimum absolute atomic E-state index is 0.136. The molecule has 1 aromatic heterocycles. The molecule has 27 heavy (non-hydrogen) atoms. The minimum Gasteiger partial charge on any atom is -0.497 e. The van der Waals surface area contributed by atoms with Crippen LogP contribution in [-0.2, 0) is 22.5 Å². The van der Waals surface area contributed by atoms with Gasteiger partial charge in [0.25, 0.3) is 0 Å². The van der Waals surface area contributed by atoms with Crippen molar-refractivity contribution in [3.05, 3.63) is 48.5 Å². The molecule has 6 nitrogen and oxygen atoms in total. The fourth-order valence-corrected chi connectivity index (χ4v) is 2.99. The number of imidazole rings is 1. The number of methoxy groups -OCH3 is 1. The van der Waals surface area contributed by atoms with Gasteiger partial charge in [0.05, 0.1) is 19.5 Å². The molecule has 6 heteroatoms. The Bertz CT molecular complexity index is 641. The fraction of sp³-hybridized carbons (Fsp3) is 0.524. The largest absolute Gasteiger partial charge is 0.497 e. The highest BCUT2D eigenvalue weighted by molar-refractivity contribution is 5.66. The van der Waals surface area contributed by atoms with Crippen LogP contribution in [0.2, 0.25) is 0 Å². The predicted molar refractivity (Wildman–Crippen MR) is 104 cm³/mol. The number of rotatable bonds is 14. The van der Waals surface area contributed by atoms with Gasteiger partial charge in [-0.25, -0.2) is 4.98 Å². The number of aromatic nitrogens is 2. The van der Waals surface area contributed by atoms with Gasteiger partial charge in [0, 0.05) is 32.0 Å². The van der Waals surface area contributed by atoms with Gasteiger partial charge in [0.1, 0.15) is 5.75 Å². The molecular formula is C21H30N2O4. The molecule has 0 amide bonds. The summed E-state index contributed by atoms with van der Waals surface area (Å²) in [5, 5.41) is 8.68. The van der Waals surface area contributed by atoms with E-state index in [0.717, 1.165) is 44.4 Å². The average Bonchev–Trinajstić information content (AvgIpc) is 3.17. The van der Waals surface area contributed by atoms with E-state index in [9.17, 15) is 4.79 Å². The summed E-state index contributed by atoms with van der Waals surface area (Å²) in [7, 11) is 1.68. The van der Waals surface area contributed by atoms with Gasteiger partial charge in [-0.1, -0.05) is 18.6 Å². The van der Waals surface area contributed by atoms with Crippen molar-refractivity contribution < 1.29 is 19.4 Å². The lowest BCUT2D eigenvalue weighted by Crippen LogP contribution is -2.20. The maximum absolute atomic E-state index is 10.5. The number of aryl methyl sites for hydroxylation is 1. The summed E-state index contributed by atoms with van der Waals surface area (Å²) in [6, 6.07) is 8.19. The van der Waals surface area contributed by atoms with E-state index in [1.165, 1.54) is 5.56 Å². The smallest absolute Gasteiger partial charge is 0.303 e. The molecule has 1 aromatic carbocycles. The Kier molecular flexibility index (Phi) is 9.41. The van der Waals surface area contributed by atoms with Crippen molar-refractivity contribution in [1.29, 1.82) is 0 Å². The number of carboxylic acid groups (broad SMARTS) is 1. The van der Waals surface area contributed by atoms with E-state index in [1.807, 2.05) is 29.2 Å². The van der Waals surface area contributed by atoms with Gasteiger partial charge >= 0.3 is 5.97 Å². The number of carboxylic acids is 1. The summed E-state index contributed by atoms with van der Waals surface area (Å²) in [6.45, 7) is 1.46. The number of ether oxygens (including phenoxy) is 2. The van der Waals surface area contributed by atoms with Gasteiger partial charge in [0.15, 0.2) is 0 Å². The Balaban J connectivity index is 1.72. The van der Waals surface area contributed by atoms with E-state index in [1.54, 1.807) is 13.3 Å². The van der Waals surface area contributed by atoms with Crippen LogP contribution in [0.25, 0.3) is 0 Å². The Morgan fingerprint density at radius 3 is 2.67 bits per heavy atom. The summed E-state index contributed by atoms with van der Waals surface area (Å²) < 4.78 is 13.3. The first-order chi connectivity index (χ1) is 13.2. The van der Waals surface area contributed by atoms with Crippen molar-refractivity contribution in [3.8, 4) is 5.75 Å². The van der Waals surface area contributed by atoms with Gasteiger partial charge in [0.2, 0.25) is 0 Å². The highest BCUT2D eigenvalue weighted by Crippen LogP contribution is 2.15. The lowest BCUT2D eigenvalue weighted by Gasteiger charge is -2.18. The molecule has 2 rings (SSSR count). The van der Waals surface area contributed by atoms with Gasteiger partial charge in [-0.05, 0) is 49.8 Å². The molecule has 0 fully saturated rings. The molecule has 0 saturated carbocycles. The molecule has 1 N–H and O–H groups in total. The first kappa shape index (κ1) is 21.0. The third-order valence-electron chi connectivity index (χ3n) is 4.51. The van der Waals surface area contributed by atoms with E-state index in [0.29, 0.717) is 13.0 Å². The molecule has 148 valence electrons. The zero-order chi connectivity index (χ0) is 19.3. The number of hydrogen-bond donors (Lipinski definition) is 1. The fourth-order valence-electron chi connectivity index (χ4n) is 2.99. The van der Waals surface area contributed by atoms with Gasteiger partial charge < -0.3 is 19.1 Å². The van der Waals surface area contributed by atoms with Crippen molar-refractivity contribution in [2.45, 2.75) is 57.6 Å². The zero-order valence-electron chi connectivity index (χ0n) is 16.0. The van der Waals surface area contributed by atoms with E-state index < -0.39 is 5.97 Å². The summed E-state index contributed by atoms with van der Waals surface area (Å²) >= 11 is 0. The van der Waals surface area contributed by atoms with Crippen LogP contribution < -0.4 is 4.74 Å². The van der Waals surface area contributed by atoms with Crippen LogP contribution in [0.15, 0.2) is 43.0 Å². The minimum atomic E-state index is -0.729. The topological polar surface area (TPSA) is 73.6 Å². The molecule has 1 unspecified atom stereocenters. The maximum Gasteiger partial charge on any atom is 0.303 e. The Hall–Kier alpha value is -2.34. The molecule has 0 aliphatic heterocycles. The zero-order valence-corrected chi connectivity index (χ0v) is 16.0. The molecule has 0 radical (unpaired) electrons. The maximum atomic E-state index is 10.5. The molecule has 1 heterocycles. The monoisotopic (exact) mass is 374 g/mol. The molecule has 1 atom stereocenters. The second-order valence-electron chi connectivity index (χ2n) is 6.70. The lowest BCUT2D eigenvalue weighted by atomic mass is 10.1. The molecule has 0 aliphatic rings. The molecule has 0 bridgehead atoms. The van der Waals surface area contributed by atoms with Crippen LogP contribution in [0, 0.1) is 0 Å². The van der Waals surface area contributed by atoms with Crippen LogP contribution in [0.3, 0.4) is 0 Å². The second-order valence-corrected chi connectivity index (χ2v) is 6.70. The lowest BCUT2D eigenvalue weighted by molar-refractivity contribution is -0.137. The van der Waals surface area contributed by atoms with Crippen LogP contribution in [0.5, 0.6) is 5.75 Å². The SMILES string of the molecule is COc1ccc(CCCC(Cn2ccnc2)OCCCCCC(=O)O)cc1. The highest BCUT2D eigenvalue weighted by Gasteiger charge is 2.10. The molecule has 0 saturated heterocycles. The van der Waals surface area contributed by atoms with Crippen LogP contribution in [-0.4, -0.2) is 40.4 Å². The molecule has 2 aromatic rings. The van der Waals surface area contributed by atoms with Crippen molar-refractivity contribution in [2.24, 2.45) is 0 Å². The quantitative estimate of drug-likeness (QED) is 0.507. The van der Waals surface area contributed by atoms with E-state index >= 15 is 0 Å². The number of nitrogens with zero attached hydrogens (tertiary/aromatic N) is 2. The third kappa shape index (κ3) is 8.73.